The maximum absolute atomic E-state index is 11.7. The van der Waals surface area contributed by atoms with Crippen molar-refractivity contribution in [1.82, 2.24) is 0 Å². The van der Waals surface area contributed by atoms with Gasteiger partial charge in [0.1, 0.15) is 6.10 Å². The lowest BCUT2D eigenvalue weighted by Crippen LogP contribution is -2.24. The first-order chi connectivity index (χ1) is 9.13. The van der Waals surface area contributed by atoms with E-state index in [9.17, 15) is 9.59 Å². The van der Waals surface area contributed by atoms with Crippen LogP contribution in [0.2, 0.25) is 0 Å². The Labute approximate surface area is 111 Å². The van der Waals surface area contributed by atoms with E-state index in [1.165, 1.54) is 13.2 Å². The van der Waals surface area contributed by atoms with Crippen LogP contribution in [0.15, 0.2) is 54.6 Å². The predicted molar refractivity (Wildman–Crippen MR) is 69.4 cm³/mol. The highest BCUT2D eigenvalue weighted by Crippen LogP contribution is 2.32. The molecule has 0 unspecified atom stereocenters. The van der Waals surface area contributed by atoms with Gasteiger partial charge in [-0.05, 0) is 11.6 Å². The molecule has 0 aliphatic carbocycles. The second kappa shape index (κ2) is 5.52. The first kappa shape index (κ1) is 13.1. The fourth-order valence-corrected chi connectivity index (χ4v) is 2.07. The van der Waals surface area contributed by atoms with E-state index in [2.05, 4.69) is 6.58 Å². The Kier molecular flexibility index (Phi) is 3.80. The molecule has 4 nitrogen and oxygen atoms in total. The van der Waals surface area contributed by atoms with Crippen molar-refractivity contribution in [2.75, 3.05) is 7.11 Å². The summed E-state index contributed by atoms with van der Waals surface area (Å²) in [4.78, 5) is 22.9. The van der Waals surface area contributed by atoms with E-state index in [1.807, 2.05) is 30.3 Å². The Morgan fingerprint density at radius 1 is 1.37 bits per heavy atom. The quantitative estimate of drug-likeness (QED) is 0.612. The minimum atomic E-state index is -0.526. The number of ether oxygens (including phenoxy) is 2. The van der Waals surface area contributed by atoms with Gasteiger partial charge in [-0.25, -0.2) is 9.59 Å². The lowest BCUT2D eigenvalue weighted by atomic mass is 9.87. The first-order valence-corrected chi connectivity index (χ1v) is 5.84. The molecule has 0 saturated carbocycles. The van der Waals surface area contributed by atoms with Crippen LogP contribution in [0.5, 0.6) is 0 Å². The molecule has 2 rings (SSSR count). The SMILES string of the molecule is C=C(C(=O)OC)[C@@H](c1ccccc1)[C@@H]1C=CC(=O)O1. The summed E-state index contributed by atoms with van der Waals surface area (Å²) in [5.74, 6) is -1.36. The van der Waals surface area contributed by atoms with Crippen LogP contribution in [-0.4, -0.2) is 25.2 Å². The van der Waals surface area contributed by atoms with Crippen molar-refractivity contribution >= 4 is 11.9 Å². The molecule has 1 heterocycles. The largest absolute Gasteiger partial charge is 0.466 e. The third kappa shape index (κ3) is 2.73. The van der Waals surface area contributed by atoms with Crippen LogP contribution in [0, 0.1) is 0 Å². The standard InChI is InChI=1S/C15H14O4/c1-10(15(17)18-2)14(11-6-4-3-5-7-11)12-8-9-13(16)19-12/h3-9,12,14H,1H2,2H3/t12-,14-/m0/s1. The second-order valence-electron chi connectivity index (χ2n) is 4.17. The molecule has 0 bridgehead atoms. The Balaban J connectivity index is 2.34. The molecule has 1 aliphatic rings. The lowest BCUT2D eigenvalue weighted by Gasteiger charge is -2.23. The molecule has 19 heavy (non-hydrogen) atoms. The average Bonchev–Trinajstić information content (AvgIpc) is 2.85. The molecule has 0 spiro atoms. The fraction of sp³-hybridized carbons (Fsp3) is 0.200. The van der Waals surface area contributed by atoms with Crippen LogP contribution >= 0.6 is 0 Å². The molecule has 0 amide bonds. The summed E-state index contributed by atoms with van der Waals surface area (Å²) in [5.41, 5.74) is 1.11. The van der Waals surface area contributed by atoms with Gasteiger partial charge in [-0.2, -0.15) is 0 Å². The minimum absolute atomic E-state index is 0.262. The number of rotatable bonds is 4. The molecule has 0 saturated heterocycles. The van der Waals surface area contributed by atoms with Crippen molar-refractivity contribution in [2.24, 2.45) is 0 Å². The van der Waals surface area contributed by atoms with Crippen LogP contribution in [0.4, 0.5) is 0 Å². The van der Waals surface area contributed by atoms with Gasteiger partial charge in [0.25, 0.3) is 0 Å². The van der Waals surface area contributed by atoms with Crippen molar-refractivity contribution in [1.29, 1.82) is 0 Å². The third-order valence-electron chi connectivity index (χ3n) is 2.98. The van der Waals surface area contributed by atoms with Gasteiger partial charge in [-0.3, -0.25) is 0 Å². The number of hydrogen-bond donors (Lipinski definition) is 0. The van der Waals surface area contributed by atoms with Gasteiger partial charge in [0.05, 0.1) is 13.0 Å². The van der Waals surface area contributed by atoms with E-state index < -0.39 is 24.0 Å². The number of carbonyl (C=O) groups is 2. The molecule has 98 valence electrons. The van der Waals surface area contributed by atoms with Gasteiger partial charge in [0.15, 0.2) is 0 Å². The van der Waals surface area contributed by atoms with E-state index >= 15 is 0 Å². The molecule has 2 atom stereocenters. The van der Waals surface area contributed by atoms with Crippen LogP contribution in [-0.2, 0) is 19.1 Å². The Morgan fingerprint density at radius 3 is 2.58 bits per heavy atom. The van der Waals surface area contributed by atoms with E-state index in [1.54, 1.807) is 6.08 Å². The van der Waals surface area contributed by atoms with Gasteiger partial charge in [0, 0.05) is 11.6 Å². The van der Waals surface area contributed by atoms with E-state index in [-0.39, 0.29) is 5.57 Å². The highest BCUT2D eigenvalue weighted by molar-refractivity contribution is 5.90. The van der Waals surface area contributed by atoms with E-state index in [0.717, 1.165) is 5.56 Å². The van der Waals surface area contributed by atoms with Crippen LogP contribution < -0.4 is 0 Å². The van der Waals surface area contributed by atoms with Crippen LogP contribution in [0.1, 0.15) is 11.5 Å². The van der Waals surface area contributed by atoms with Crippen molar-refractivity contribution in [3.63, 3.8) is 0 Å². The number of benzene rings is 1. The number of hydrogen-bond acceptors (Lipinski definition) is 4. The topological polar surface area (TPSA) is 52.6 Å². The van der Waals surface area contributed by atoms with E-state index in [4.69, 9.17) is 9.47 Å². The number of esters is 2. The van der Waals surface area contributed by atoms with Gasteiger partial charge >= 0.3 is 11.9 Å². The smallest absolute Gasteiger partial charge is 0.333 e. The zero-order chi connectivity index (χ0) is 13.8. The zero-order valence-electron chi connectivity index (χ0n) is 10.5. The van der Waals surface area contributed by atoms with Crippen molar-refractivity contribution < 1.29 is 19.1 Å². The van der Waals surface area contributed by atoms with Gasteiger partial charge < -0.3 is 9.47 Å². The monoisotopic (exact) mass is 258 g/mol. The normalized spacial score (nSPS) is 18.8. The van der Waals surface area contributed by atoms with Crippen LogP contribution in [0.25, 0.3) is 0 Å². The summed E-state index contributed by atoms with van der Waals surface area (Å²) in [6, 6.07) is 9.30. The molecular formula is C15H14O4. The van der Waals surface area contributed by atoms with Gasteiger partial charge in [0.2, 0.25) is 0 Å². The maximum Gasteiger partial charge on any atom is 0.333 e. The number of methoxy groups -OCH3 is 1. The van der Waals surface area contributed by atoms with Crippen molar-refractivity contribution in [3.8, 4) is 0 Å². The van der Waals surface area contributed by atoms with Crippen molar-refractivity contribution in [2.45, 2.75) is 12.0 Å². The molecule has 4 heteroatoms. The molecule has 0 radical (unpaired) electrons. The Morgan fingerprint density at radius 2 is 2.05 bits per heavy atom. The minimum Gasteiger partial charge on any atom is -0.466 e. The van der Waals surface area contributed by atoms with Gasteiger partial charge in [-0.1, -0.05) is 36.9 Å². The molecule has 0 N–H and O–H groups in total. The van der Waals surface area contributed by atoms with Crippen molar-refractivity contribution in [3.05, 3.63) is 60.2 Å². The molecule has 1 aromatic rings. The lowest BCUT2D eigenvalue weighted by molar-refractivity contribution is -0.141. The predicted octanol–water partition coefficient (Wildman–Crippen LogP) is 1.98. The number of cyclic esters (lactones) is 1. The van der Waals surface area contributed by atoms with Gasteiger partial charge in [-0.15, -0.1) is 0 Å². The summed E-state index contributed by atoms with van der Waals surface area (Å²) < 4.78 is 9.87. The molecule has 0 fully saturated rings. The van der Waals surface area contributed by atoms with Crippen LogP contribution in [0.3, 0.4) is 0 Å². The Hall–Kier alpha value is -2.36. The summed E-state index contributed by atoms with van der Waals surface area (Å²) >= 11 is 0. The summed E-state index contributed by atoms with van der Waals surface area (Å²) in [5, 5.41) is 0. The summed E-state index contributed by atoms with van der Waals surface area (Å²) in [7, 11) is 1.30. The summed E-state index contributed by atoms with van der Waals surface area (Å²) in [6.45, 7) is 3.77. The second-order valence-corrected chi connectivity index (χ2v) is 4.17. The fourth-order valence-electron chi connectivity index (χ4n) is 2.07. The average molecular weight is 258 g/mol. The highest BCUT2D eigenvalue weighted by atomic mass is 16.5. The first-order valence-electron chi connectivity index (χ1n) is 5.84. The highest BCUT2D eigenvalue weighted by Gasteiger charge is 2.33. The Bertz CT molecular complexity index is 530. The molecule has 0 aromatic heterocycles. The number of carbonyl (C=O) groups excluding carboxylic acids is 2. The maximum atomic E-state index is 11.7. The molecule has 1 aliphatic heterocycles. The third-order valence-corrected chi connectivity index (χ3v) is 2.98. The molecule has 1 aromatic carbocycles. The molecular weight excluding hydrogens is 244 g/mol. The summed E-state index contributed by atoms with van der Waals surface area (Å²) in [6.07, 6.45) is 2.46. The van der Waals surface area contributed by atoms with E-state index in [0.29, 0.717) is 0 Å². The zero-order valence-corrected chi connectivity index (χ0v) is 10.5.